The Morgan fingerprint density at radius 1 is 0.863 bits per heavy atom. The molecule has 3 aromatic heterocycles. The van der Waals surface area contributed by atoms with E-state index in [0.717, 1.165) is 81.5 Å². The molecule has 13 heteroatoms. The molecule has 4 N–H and O–H groups in total. The lowest BCUT2D eigenvalue weighted by molar-refractivity contribution is 0.0512. The second-order valence-electron chi connectivity index (χ2n) is 13.8. The van der Waals surface area contributed by atoms with E-state index in [1.807, 2.05) is 53.3 Å². The third kappa shape index (κ3) is 7.06. The number of anilines is 3. The molecule has 0 saturated carbocycles. The fraction of sp³-hybridized carbons (Fsp3) is 0.368. The summed E-state index contributed by atoms with van der Waals surface area (Å²) in [5.41, 5.74) is 5.63. The predicted molar refractivity (Wildman–Crippen MR) is 200 cm³/mol. The number of fused-ring (bicyclic) bond motifs is 2. The van der Waals surface area contributed by atoms with Gasteiger partial charge in [-0.05, 0) is 68.0 Å². The fourth-order valence-corrected chi connectivity index (χ4v) is 8.17. The van der Waals surface area contributed by atoms with E-state index < -0.39 is 0 Å². The van der Waals surface area contributed by atoms with E-state index in [1.54, 1.807) is 12.3 Å². The number of aliphatic hydroxyl groups excluding tert-OH is 2. The number of hydrogen-bond acceptors (Lipinski definition) is 9. The van der Waals surface area contributed by atoms with E-state index >= 15 is 0 Å². The monoisotopic (exact) mass is 726 g/mol. The first-order valence-electron chi connectivity index (χ1n) is 17.6. The van der Waals surface area contributed by atoms with Crippen molar-refractivity contribution in [2.45, 2.75) is 63.4 Å². The van der Waals surface area contributed by atoms with Crippen molar-refractivity contribution >= 4 is 57.2 Å². The molecule has 3 aliphatic rings. The highest BCUT2D eigenvalue weighted by Gasteiger charge is 2.31. The first-order valence-corrected chi connectivity index (χ1v) is 18.4. The number of carbonyl (C=O) groups excluding carboxylic acids is 1. The van der Waals surface area contributed by atoms with Crippen LogP contribution in [0, 0.1) is 0 Å². The van der Waals surface area contributed by atoms with E-state index in [0.29, 0.717) is 56.1 Å². The standard InChI is InChI=1S/C38H40Cl2N8O3/c39-34-27(4-1-6-29(34)43-37-36-24(9-13-41-37)18-23(20-42-36)21-46-15-10-26(50)22-46)28-5-2-7-30(35(28)40)44-38(51)31-19-33-32(8-3-14-48(33)45-31)47-16-11-25(49)12-17-47/h1-2,4-7,9,13,18-20,25-26,32,49-50H,3,8,10-12,14-17,21-22H2,(H,41,43)(H,44,51)/t26-,32?/m1/s1. The number of aryl methyl sites for hydroxylation is 1. The minimum atomic E-state index is -0.332. The Hall–Kier alpha value is -4.10. The molecular weight excluding hydrogens is 687 g/mol. The third-order valence-corrected chi connectivity index (χ3v) is 11.1. The summed E-state index contributed by atoms with van der Waals surface area (Å²) < 4.78 is 1.95. The molecule has 1 unspecified atom stereocenters. The smallest absolute Gasteiger partial charge is 0.276 e. The van der Waals surface area contributed by atoms with Crippen molar-refractivity contribution in [3.63, 3.8) is 0 Å². The van der Waals surface area contributed by atoms with E-state index in [4.69, 9.17) is 28.2 Å². The van der Waals surface area contributed by atoms with Crippen LogP contribution in [0.1, 0.15) is 59.9 Å². The summed E-state index contributed by atoms with van der Waals surface area (Å²) in [5, 5.41) is 32.7. The molecule has 2 aromatic carbocycles. The number of aliphatic hydroxyl groups is 2. The number of aromatic nitrogens is 4. The predicted octanol–water partition coefficient (Wildman–Crippen LogP) is 6.65. The molecule has 0 radical (unpaired) electrons. The van der Waals surface area contributed by atoms with Crippen LogP contribution in [0.4, 0.5) is 17.2 Å². The number of nitrogens with zero attached hydrogens (tertiary/aromatic N) is 6. The zero-order chi connectivity index (χ0) is 35.1. The van der Waals surface area contributed by atoms with Gasteiger partial charge in [0.25, 0.3) is 5.91 Å². The Morgan fingerprint density at radius 2 is 1.61 bits per heavy atom. The summed E-state index contributed by atoms with van der Waals surface area (Å²) in [7, 11) is 0. The maximum atomic E-state index is 13.6. The number of nitrogens with one attached hydrogen (secondary N) is 2. The van der Waals surface area contributed by atoms with Crippen molar-refractivity contribution < 1.29 is 15.0 Å². The topological polar surface area (TPSA) is 132 Å². The molecule has 51 heavy (non-hydrogen) atoms. The van der Waals surface area contributed by atoms with E-state index in [9.17, 15) is 15.0 Å². The van der Waals surface area contributed by atoms with Crippen LogP contribution < -0.4 is 10.6 Å². The number of likely N-dealkylation sites (tertiary alicyclic amines) is 2. The third-order valence-electron chi connectivity index (χ3n) is 10.3. The number of benzene rings is 2. The number of amides is 1. The largest absolute Gasteiger partial charge is 0.393 e. The van der Waals surface area contributed by atoms with Gasteiger partial charge in [-0.1, -0.05) is 47.5 Å². The summed E-state index contributed by atoms with van der Waals surface area (Å²) in [4.78, 5) is 27.5. The number of piperidine rings is 1. The summed E-state index contributed by atoms with van der Waals surface area (Å²) in [6, 6.07) is 17.2. The maximum Gasteiger partial charge on any atom is 0.276 e. The molecule has 264 valence electrons. The van der Waals surface area contributed by atoms with Gasteiger partial charge in [0.2, 0.25) is 0 Å². The Kier molecular flexibility index (Phi) is 9.67. The quantitative estimate of drug-likeness (QED) is 0.139. The van der Waals surface area contributed by atoms with Crippen LogP contribution in [0.2, 0.25) is 10.0 Å². The zero-order valence-electron chi connectivity index (χ0n) is 28.1. The minimum Gasteiger partial charge on any atom is -0.393 e. The molecule has 2 fully saturated rings. The lowest BCUT2D eigenvalue weighted by Gasteiger charge is -2.38. The molecular formula is C38H40Cl2N8O3. The summed E-state index contributed by atoms with van der Waals surface area (Å²) in [5.74, 6) is 0.241. The zero-order valence-corrected chi connectivity index (χ0v) is 29.6. The van der Waals surface area contributed by atoms with Gasteiger partial charge in [0.05, 0.1) is 45.4 Å². The molecule has 0 spiro atoms. The Balaban J connectivity index is 1.00. The Morgan fingerprint density at radius 3 is 2.37 bits per heavy atom. The highest BCUT2D eigenvalue weighted by molar-refractivity contribution is 6.39. The van der Waals surface area contributed by atoms with Crippen molar-refractivity contribution in [2.75, 3.05) is 36.8 Å². The molecule has 8 rings (SSSR count). The lowest BCUT2D eigenvalue weighted by atomic mass is 9.98. The first kappa shape index (κ1) is 34.0. The van der Waals surface area contributed by atoms with Gasteiger partial charge < -0.3 is 20.8 Å². The summed E-state index contributed by atoms with van der Waals surface area (Å²) in [6.07, 6.45) is 7.41. The molecule has 0 aliphatic carbocycles. The van der Waals surface area contributed by atoms with Crippen LogP contribution in [-0.2, 0) is 13.1 Å². The fourth-order valence-electron chi connectivity index (χ4n) is 7.62. The molecule has 1 amide bonds. The van der Waals surface area contributed by atoms with Gasteiger partial charge in [0.1, 0.15) is 5.52 Å². The number of β-amino-alcohol motifs (C(OH)–C–C–N with tert-alkyl or cyclic N) is 1. The van der Waals surface area contributed by atoms with Gasteiger partial charge in [-0.2, -0.15) is 5.10 Å². The molecule has 2 atom stereocenters. The Labute approximate surface area is 306 Å². The minimum absolute atomic E-state index is 0.184. The van der Waals surface area contributed by atoms with Gasteiger partial charge in [-0.3, -0.25) is 24.3 Å². The Bertz CT molecular complexity index is 2080. The van der Waals surface area contributed by atoms with Crippen molar-refractivity contribution in [1.29, 1.82) is 0 Å². The highest BCUT2D eigenvalue weighted by Crippen LogP contribution is 2.41. The van der Waals surface area contributed by atoms with Gasteiger partial charge >= 0.3 is 0 Å². The van der Waals surface area contributed by atoms with Crippen LogP contribution in [0.5, 0.6) is 0 Å². The highest BCUT2D eigenvalue weighted by atomic mass is 35.5. The van der Waals surface area contributed by atoms with Gasteiger partial charge in [0.15, 0.2) is 11.5 Å². The molecule has 2 saturated heterocycles. The summed E-state index contributed by atoms with van der Waals surface area (Å²) in [6.45, 7) is 4.72. The SMILES string of the molecule is O=C(Nc1cccc(-c2cccc(Nc3nccc4cc(CN5CC[C@@H](O)C5)cnc34)c2Cl)c1Cl)c1cc2n(n1)CCCC2N1CCC(O)CC1. The number of halogens is 2. The average molecular weight is 728 g/mol. The normalized spacial score (nSPS) is 20.1. The molecule has 3 aliphatic heterocycles. The van der Waals surface area contributed by atoms with Gasteiger partial charge in [-0.15, -0.1) is 0 Å². The number of rotatable bonds is 8. The second-order valence-corrected chi connectivity index (χ2v) is 14.5. The summed E-state index contributed by atoms with van der Waals surface area (Å²) >= 11 is 14.0. The van der Waals surface area contributed by atoms with Gasteiger partial charge in [-0.25, -0.2) is 4.98 Å². The van der Waals surface area contributed by atoms with E-state index in [1.165, 1.54) is 0 Å². The number of pyridine rings is 2. The second kappa shape index (κ2) is 14.5. The van der Waals surface area contributed by atoms with Crippen LogP contribution in [0.3, 0.4) is 0 Å². The van der Waals surface area contributed by atoms with Crippen molar-refractivity contribution in [1.82, 2.24) is 29.5 Å². The number of hydrogen-bond donors (Lipinski definition) is 4. The van der Waals surface area contributed by atoms with Gasteiger partial charge in [0, 0.05) is 68.2 Å². The van der Waals surface area contributed by atoms with Crippen molar-refractivity contribution in [3.8, 4) is 11.1 Å². The van der Waals surface area contributed by atoms with Crippen LogP contribution in [0.15, 0.2) is 67.0 Å². The van der Waals surface area contributed by atoms with Crippen LogP contribution in [0.25, 0.3) is 22.0 Å². The lowest BCUT2D eigenvalue weighted by Crippen LogP contribution is -2.40. The molecule has 5 aromatic rings. The van der Waals surface area contributed by atoms with E-state index in [-0.39, 0.29) is 24.2 Å². The molecule has 0 bridgehead atoms. The van der Waals surface area contributed by atoms with Crippen molar-refractivity contribution in [2.24, 2.45) is 0 Å². The van der Waals surface area contributed by atoms with Crippen LogP contribution >= 0.6 is 23.2 Å². The van der Waals surface area contributed by atoms with Crippen molar-refractivity contribution in [3.05, 3.63) is 94.0 Å². The molecule has 11 nitrogen and oxygen atoms in total. The number of carbonyl (C=O) groups is 1. The van der Waals surface area contributed by atoms with Crippen LogP contribution in [-0.4, -0.2) is 84.1 Å². The average Bonchev–Trinajstić information content (AvgIpc) is 3.76. The first-order chi connectivity index (χ1) is 24.8. The molecule has 6 heterocycles. The van der Waals surface area contributed by atoms with E-state index in [2.05, 4.69) is 36.6 Å². The maximum absolute atomic E-state index is 13.6.